The second-order valence-corrected chi connectivity index (χ2v) is 3.70. The Kier molecular flexibility index (Phi) is 2.19. The van der Waals surface area contributed by atoms with Crippen LogP contribution in [0.1, 0.15) is 0 Å². The minimum atomic E-state index is 0.979. The lowest BCUT2D eigenvalue weighted by Gasteiger charge is -2.03. The molecule has 0 saturated carbocycles. The zero-order valence-corrected chi connectivity index (χ0v) is 8.82. The van der Waals surface area contributed by atoms with Crippen LogP contribution in [0.3, 0.4) is 0 Å². The highest BCUT2D eigenvalue weighted by Crippen LogP contribution is 2.25. The van der Waals surface area contributed by atoms with Crippen LogP contribution in [0.15, 0.2) is 41.1 Å². The lowest BCUT2D eigenvalue weighted by atomic mass is 10.2. The summed E-state index contributed by atoms with van der Waals surface area (Å²) in [7, 11) is 1.99. The van der Waals surface area contributed by atoms with Crippen molar-refractivity contribution in [1.82, 2.24) is 9.55 Å². The fraction of sp³-hybridized carbons (Fsp3) is 0.100. The lowest BCUT2D eigenvalue weighted by molar-refractivity contribution is 0.924. The maximum Gasteiger partial charge on any atom is 0.140 e. The van der Waals surface area contributed by atoms with Crippen molar-refractivity contribution in [2.75, 3.05) is 0 Å². The Balaban J connectivity index is 2.59. The maximum atomic E-state index is 4.28. The Labute approximate surface area is 85.4 Å². The molecule has 0 amide bonds. The Morgan fingerprint density at radius 3 is 2.69 bits per heavy atom. The molecule has 0 bridgehead atoms. The van der Waals surface area contributed by atoms with E-state index >= 15 is 0 Å². The smallest absolute Gasteiger partial charge is 0.140 e. The first-order valence-electron chi connectivity index (χ1n) is 4.01. The molecule has 0 aliphatic rings. The van der Waals surface area contributed by atoms with Gasteiger partial charge >= 0.3 is 0 Å². The van der Waals surface area contributed by atoms with Crippen LogP contribution in [0.4, 0.5) is 0 Å². The normalized spacial score (nSPS) is 10.3. The lowest BCUT2D eigenvalue weighted by Crippen LogP contribution is -1.91. The first-order valence-corrected chi connectivity index (χ1v) is 4.80. The zero-order valence-electron chi connectivity index (χ0n) is 7.24. The standard InChI is InChI=1S/C10H9BrN2/c1-13-7-6-12-10(13)8-4-2-3-5-9(8)11/h2-7H,1H3. The van der Waals surface area contributed by atoms with E-state index < -0.39 is 0 Å². The summed E-state index contributed by atoms with van der Waals surface area (Å²) in [6.45, 7) is 0. The monoisotopic (exact) mass is 236 g/mol. The number of aryl methyl sites for hydroxylation is 1. The van der Waals surface area contributed by atoms with Gasteiger partial charge in [-0.05, 0) is 6.07 Å². The fourth-order valence-electron chi connectivity index (χ4n) is 1.27. The minimum absolute atomic E-state index is 0.979. The first-order chi connectivity index (χ1) is 6.29. The number of halogens is 1. The molecule has 0 N–H and O–H groups in total. The van der Waals surface area contributed by atoms with E-state index in [9.17, 15) is 0 Å². The summed E-state index contributed by atoms with van der Waals surface area (Å²) in [5.74, 6) is 0.979. The molecule has 0 radical (unpaired) electrons. The van der Waals surface area contributed by atoms with Gasteiger partial charge in [0, 0.05) is 29.5 Å². The van der Waals surface area contributed by atoms with Crippen molar-refractivity contribution in [1.29, 1.82) is 0 Å². The minimum Gasteiger partial charge on any atom is -0.334 e. The number of benzene rings is 1. The van der Waals surface area contributed by atoms with Crippen molar-refractivity contribution in [2.45, 2.75) is 0 Å². The zero-order chi connectivity index (χ0) is 9.26. The van der Waals surface area contributed by atoms with Crippen LogP contribution in [0.5, 0.6) is 0 Å². The van der Waals surface area contributed by atoms with Gasteiger partial charge < -0.3 is 4.57 Å². The summed E-state index contributed by atoms with van der Waals surface area (Å²) in [6.07, 6.45) is 3.74. The molecule has 1 heterocycles. The van der Waals surface area contributed by atoms with Crippen LogP contribution in [0.2, 0.25) is 0 Å². The van der Waals surface area contributed by atoms with Gasteiger partial charge in [0.05, 0.1) is 0 Å². The molecule has 0 saturated heterocycles. The molecule has 2 nitrogen and oxygen atoms in total. The largest absolute Gasteiger partial charge is 0.334 e. The highest BCUT2D eigenvalue weighted by molar-refractivity contribution is 9.10. The molecule has 0 unspecified atom stereocenters. The molecule has 13 heavy (non-hydrogen) atoms. The van der Waals surface area contributed by atoms with Crippen molar-refractivity contribution < 1.29 is 0 Å². The Morgan fingerprint density at radius 1 is 1.31 bits per heavy atom. The van der Waals surface area contributed by atoms with Crippen molar-refractivity contribution >= 4 is 15.9 Å². The van der Waals surface area contributed by atoms with Gasteiger partial charge in [0.15, 0.2) is 0 Å². The van der Waals surface area contributed by atoms with Crippen molar-refractivity contribution in [3.8, 4) is 11.4 Å². The van der Waals surface area contributed by atoms with Gasteiger partial charge in [0.2, 0.25) is 0 Å². The van der Waals surface area contributed by atoms with Gasteiger partial charge in [-0.15, -0.1) is 0 Å². The number of imidazole rings is 1. The van der Waals surface area contributed by atoms with E-state index in [-0.39, 0.29) is 0 Å². The number of nitrogens with zero attached hydrogens (tertiary/aromatic N) is 2. The molecule has 0 aliphatic heterocycles. The van der Waals surface area contributed by atoms with E-state index in [2.05, 4.69) is 20.9 Å². The number of aromatic nitrogens is 2. The molecular weight excluding hydrogens is 228 g/mol. The SMILES string of the molecule is Cn1ccnc1-c1ccccc1Br. The number of rotatable bonds is 1. The first kappa shape index (κ1) is 8.51. The average molecular weight is 237 g/mol. The topological polar surface area (TPSA) is 17.8 Å². The van der Waals surface area contributed by atoms with E-state index in [4.69, 9.17) is 0 Å². The van der Waals surface area contributed by atoms with Crippen LogP contribution in [0, 0.1) is 0 Å². The highest BCUT2D eigenvalue weighted by atomic mass is 79.9. The Hall–Kier alpha value is -1.09. The van der Waals surface area contributed by atoms with E-state index in [1.807, 2.05) is 42.1 Å². The third-order valence-electron chi connectivity index (χ3n) is 1.94. The van der Waals surface area contributed by atoms with Crippen LogP contribution in [-0.2, 0) is 7.05 Å². The second-order valence-electron chi connectivity index (χ2n) is 2.84. The third-order valence-corrected chi connectivity index (χ3v) is 2.63. The molecule has 1 aromatic carbocycles. The van der Waals surface area contributed by atoms with E-state index in [1.165, 1.54) is 0 Å². The van der Waals surface area contributed by atoms with Crippen molar-refractivity contribution in [2.24, 2.45) is 7.05 Å². The van der Waals surface area contributed by atoms with Crippen molar-refractivity contribution in [3.05, 3.63) is 41.1 Å². The molecular formula is C10H9BrN2. The van der Waals surface area contributed by atoms with E-state index in [1.54, 1.807) is 6.20 Å². The predicted molar refractivity (Wildman–Crippen MR) is 56.3 cm³/mol. The highest BCUT2D eigenvalue weighted by Gasteiger charge is 2.05. The maximum absolute atomic E-state index is 4.28. The second kappa shape index (κ2) is 3.34. The van der Waals surface area contributed by atoms with Crippen LogP contribution < -0.4 is 0 Å². The van der Waals surface area contributed by atoms with Crippen LogP contribution in [-0.4, -0.2) is 9.55 Å². The van der Waals surface area contributed by atoms with Gasteiger partial charge in [-0.1, -0.05) is 34.1 Å². The number of hydrogen-bond acceptors (Lipinski definition) is 1. The van der Waals surface area contributed by atoms with Gasteiger partial charge in [0.1, 0.15) is 5.82 Å². The van der Waals surface area contributed by atoms with Crippen molar-refractivity contribution in [3.63, 3.8) is 0 Å². The summed E-state index contributed by atoms with van der Waals surface area (Å²) in [6, 6.07) is 8.07. The summed E-state index contributed by atoms with van der Waals surface area (Å²) >= 11 is 3.50. The summed E-state index contributed by atoms with van der Waals surface area (Å²) in [5.41, 5.74) is 1.12. The molecule has 0 fully saturated rings. The molecule has 1 aromatic heterocycles. The number of hydrogen-bond donors (Lipinski definition) is 0. The molecule has 2 aromatic rings. The van der Waals surface area contributed by atoms with Gasteiger partial charge in [0.25, 0.3) is 0 Å². The molecule has 66 valence electrons. The molecule has 2 rings (SSSR count). The van der Waals surface area contributed by atoms with Crippen LogP contribution >= 0.6 is 15.9 Å². The molecule has 0 aliphatic carbocycles. The van der Waals surface area contributed by atoms with E-state index in [0.717, 1.165) is 15.9 Å². The molecule has 3 heteroatoms. The third kappa shape index (κ3) is 1.52. The van der Waals surface area contributed by atoms with Gasteiger partial charge in [-0.25, -0.2) is 4.98 Å². The molecule has 0 atom stereocenters. The van der Waals surface area contributed by atoms with Crippen LogP contribution in [0.25, 0.3) is 11.4 Å². The summed E-state index contributed by atoms with van der Waals surface area (Å²) in [5, 5.41) is 0. The Morgan fingerprint density at radius 2 is 2.08 bits per heavy atom. The summed E-state index contributed by atoms with van der Waals surface area (Å²) in [4.78, 5) is 4.28. The van der Waals surface area contributed by atoms with Gasteiger partial charge in [-0.2, -0.15) is 0 Å². The predicted octanol–water partition coefficient (Wildman–Crippen LogP) is 2.85. The quantitative estimate of drug-likeness (QED) is 0.745. The molecule has 0 spiro atoms. The Bertz CT molecular complexity index is 420. The van der Waals surface area contributed by atoms with E-state index in [0.29, 0.717) is 0 Å². The summed E-state index contributed by atoms with van der Waals surface area (Å²) < 4.78 is 3.07. The fourth-order valence-corrected chi connectivity index (χ4v) is 1.73. The van der Waals surface area contributed by atoms with Gasteiger partial charge in [-0.3, -0.25) is 0 Å². The average Bonchev–Trinajstić information content (AvgIpc) is 2.52.